The monoisotopic (exact) mass is 598 g/mol. The number of carbonyl (C=O) groups excluding carboxylic acids is 1. The van der Waals surface area contributed by atoms with Gasteiger partial charge in [-0.05, 0) is 50.1 Å². The first-order valence-corrected chi connectivity index (χ1v) is 13.5. The van der Waals surface area contributed by atoms with E-state index in [1.165, 1.54) is 25.2 Å². The van der Waals surface area contributed by atoms with Gasteiger partial charge in [-0.3, -0.25) is 18.1 Å². The maximum Gasteiger partial charge on any atom is 0.329 e. The third-order valence-corrected chi connectivity index (χ3v) is 7.43. The highest BCUT2D eigenvalue weighted by Crippen LogP contribution is 2.31. The second-order valence-corrected chi connectivity index (χ2v) is 10.6. The Morgan fingerprint density at radius 1 is 1.19 bits per heavy atom. The molecule has 0 fully saturated rings. The highest BCUT2D eigenvalue weighted by atomic mass is 32.2. The van der Waals surface area contributed by atoms with Crippen molar-refractivity contribution in [2.24, 2.45) is 7.05 Å². The van der Waals surface area contributed by atoms with Gasteiger partial charge in [-0.15, -0.1) is 0 Å². The van der Waals surface area contributed by atoms with E-state index < -0.39 is 69.3 Å². The number of hydrogen-bond donors (Lipinski definition) is 3. The Morgan fingerprint density at radius 2 is 1.83 bits per heavy atom. The summed E-state index contributed by atoms with van der Waals surface area (Å²) in [5.41, 5.74) is 5.12. The number of nitrogens with two attached hydrogens (primary N) is 1. The van der Waals surface area contributed by atoms with Gasteiger partial charge in [0.25, 0.3) is 5.91 Å². The molecule has 2 unspecified atom stereocenters. The Hall–Kier alpha value is -4.69. The van der Waals surface area contributed by atoms with E-state index in [2.05, 4.69) is 10.3 Å². The molecule has 2 aromatic carbocycles. The summed E-state index contributed by atoms with van der Waals surface area (Å²) in [6.07, 6.45) is 1.02. The summed E-state index contributed by atoms with van der Waals surface area (Å²) in [5.74, 6) is -4.81. The standard InChI is InChI=1S/C28H27F2N5O6S/c1-13-8-14(2)24(15(3)9-13)35(42(40)41)20(28(38)39)11-32-27(37)17-12-34(4)25-16(26(17)36)10-18(29)22(23(25)30)19-6-5-7-21(31)33-19/h5-10,12,20H,11H2,1-4H3,(H2,31,33)(H,32,37)(H,38,39)(H,40,41)/p-1. The number of amides is 1. The van der Waals surface area contributed by atoms with Gasteiger partial charge in [-0.25, -0.2) is 18.6 Å². The molecule has 0 aliphatic carbocycles. The number of nitrogen functional groups attached to an aromatic ring is 1. The fourth-order valence-corrected chi connectivity index (χ4v) is 5.79. The molecule has 11 nitrogen and oxygen atoms in total. The molecule has 2 aromatic heterocycles. The van der Waals surface area contributed by atoms with Crippen LogP contribution in [0.5, 0.6) is 0 Å². The zero-order valence-corrected chi connectivity index (χ0v) is 23.7. The zero-order valence-electron chi connectivity index (χ0n) is 22.9. The number of carbonyl (C=O) groups is 2. The van der Waals surface area contributed by atoms with E-state index in [-0.39, 0.29) is 22.7 Å². The summed E-state index contributed by atoms with van der Waals surface area (Å²) in [7, 11) is 1.33. The quantitative estimate of drug-likeness (QED) is 0.260. The van der Waals surface area contributed by atoms with E-state index in [0.29, 0.717) is 15.4 Å². The maximum atomic E-state index is 15.6. The molecule has 0 spiro atoms. The van der Waals surface area contributed by atoms with Gasteiger partial charge < -0.3 is 25.3 Å². The lowest BCUT2D eigenvalue weighted by Gasteiger charge is -2.34. The Labute approximate surface area is 241 Å². The highest BCUT2D eigenvalue weighted by Gasteiger charge is 2.31. The van der Waals surface area contributed by atoms with Crippen LogP contribution in [-0.4, -0.2) is 47.9 Å². The van der Waals surface area contributed by atoms with E-state index >= 15 is 8.78 Å². The van der Waals surface area contributed by atoms with Crippen LogP contribution >= 0.6 is 0 Å². The molecule has 0 aliphatic heterocycles. The van der Waals surface area contributed by atoms with Crippen molar-refractivity contribution in [1.29, 1.82) is 0 Å². The largest absolute Gasteiger partial charge is 0.755 e. The Morgan fingerprint density at radius 3 is 2.40 bits per heavy atom. The fraction of sp³-hybridized carbons (Fsp3) is 0.214. The average molecular weight is 599 g/mol. The first kappa shape index (κ1) is 30.3. The third kappa shape index (κ3) is 5.58. The minimum absolute atomic E-state index is 0.0269. The van der Waals surface area contributed by atoms with Gasteiger partial charge in [0.15, 0.2) is 11.9 Å². The number of benzene rings is 2. The molecule has 0 radical (unpaired) electrons. The molecule has 2 atom stereocenters. The number of nitrogens with zero attached hydrogens (tertiary/aromatic N) is 3. The lowest BCUT2D eigenvalue weighted by Crippen LogP contribution is -2.50. The van der Waals surface area contributed by atoms with Crippen LogP contribution in [-0.2, 0) is 23.1 Å². The predicted octanol–water partition coefficient (Wildman–Crippen LogP) is 2.87. The van der Waals surface area contributed by atoms with Gasteiger partial charge in [0.1, 0.15) is 17.2 Å². The maximum absolute atomic E-state index is 15.6. The van der Waals surface area contributed by atoms with E-state index in [1.807, 2.05) is 0 Å². The average Bonchev–Trinajstić information content (AvgIpc) is 2.88. The second-order valence-electron chi connectivity index (χ2n) is 9.73. The SMILES string of the molecule is Cc1cc(C)c(N(C(CNC(=O)c2cn(C)c3c(F)c(-c4cccc(N)n4)c(F)cc3c2=O)C(=O)O)S(=O)[O-])c(C)c1. The van der Waals surface area contributed by atoms with Crippen LogP contribution < -0.4 is 20.8 Å². The number of carboxylic acids is 1. The van der Waals surface area contributed by atoms with Crippen molar-refractivity contribution in [3.05, 3.63) is 86.7 Å². The van der Waals surface area contributed by atoms with Gasteiger partial charge in [-0.1, -0.05) is 23.8 Å². The molecule has 0 saturated carbocycles. The van der Waals surface area contributed by atoms with Crippen molar-refractivity contribution >= 4 is 45.6 Å². The first-order valence-electron chi connectivity index (χ1n) is 12.4. The molecule has 0 bridgehead atoms. The third-order valence-electron chi connectivity index (χ3n) is 6.67. The molecule has 220 valence electrons. The minimum Gasteiger partial charge on any atom is -0.755 e. The number of aliphatic carboxylic acids is 1. The van der Waals surface area contributed by atoms with Crippen molar-refractivity contribution < 1.29 is 32.2 Å². The van der Waals surface area contributed by atoms with Crippen molar-refractivity contribution in [3.63, 3.8) is 0 Å². The molecule has 14 heteroatoms. The molecule has 0 saturated heterocycles. The molecule has 2 heterocycles. The van der Waals surface area contributed by atoms with E-state index in [0.717, 1.165) is 22.4 Å². The van der Waals surface area contributed by atoms with Gasteiger partial charge in [0, 0.05) is 24.5 Å². The number of aromatic nitrogens is 2. The first-order chi connectivity index (χ1) is 19.7. The summed E-state index contributed by atoms with van der Waals surface area (Å²) in [4.78, 5) is 42.4. The number of rotatable bonds is 8. The summed E-state index contributed by atoms with van der Waals surface area (Å²) in [5, 5.41) is 11.7. The molecular formula is C28H26F2N5O6S-. The lowest BCUT2D eigenvalue weighted by molar-refractivity contribution is -0.138. The smallest absolute Gasteiger partial charge is 0.329 e. The van der Waals surface area contributed by atoms with Crippen LogP contribution in [0.25, 0.3) is 22.2 Å². The lowest BCUT2D eigenvalue weighted by atomic mass is 10.0. The number of pyridine rings is 2. The summed E-state index contributed by atoms with van der Waals surface area (Å²) in [6, 6.07) is 6.62. The van der Waals surface area contributed by atoms with Crippen LogP contribution in [0.15, 0.2) is 47.4 Å². The topological polar surface area (TPSA) is 171 Å². The molecule has 42 heavy (non-hydrogen) atoms. The molecule has 4 aromatic rings. The summed E-state index contributed by atoms with van der Waals surface area (Å²) < 4.78 is 56.9. The van der Waals surface area contributed by atoms with E-state index in [4.69, 9.17) is 5.73 Å². The molecule has 4 rings (SSSR count). The summed E-state index contributed by atoms with van der Waals surface area (Å²) >= 11 is -3.05. The van der Waals surface area contributed by atoms with Crippen LogP contribution in [0.3, 0.4) is 0 Å². The predicted molar refractivity (Wildman–Crippen MR) is 153 cm³/mol. The Bertz CT molecular complexity index is 1820. The number of nitrogens with one attached hydrogen (secondary N) is 1. The van der Waals surface area contributed by atoms with E-state index in [9.17, 15) is 28.3 Å². The Balaban J connectivity index is 1.72. The Kier molecular flexibility index (Phi) is 8.40. The van der Waals surface area contributed by atoms with Gasteiger partial charge in [0.2, 0.25) is 5.43 Å². The number of fused-ring (bicyclic) bond motifs is 1. The van der Waals surface area contributed by atoms with E-state index in [1.54, 1.807) is 32.9 Å². The van der Waals surface area contributed by atoms with Crippen molar-refractivity contribution in [1.82, 2.24) is 14.9 Å². The molecule has 4 N–H and O–H groups in total. The molecular weight excluding hydrogens is 572 g/mol. The molecule has 1 amide bonds. The van der Waals surface area contributed by atoms with Gasteiger partial charge in [-0.2, -0.15) is 0 Å². The van der Waals surface area contributed by atoms with Crippen LogP contribution in [0, 0.1) is 32.4 Å². The number of aryl methyl sites for hydroxylation is 4. The molecule has 0 aliphatic rings. The summed E-state index contributed by atoms with van der Waals surface area (Å²) in [6.45, 7) is 4.32. The minimum atomic E-state index is -3.05. The van der Waals surface area contributed by atoms with Gasteiger partial charge >= 0.3 is 5.97 Å². The van der Waals surface area contributed by atoms with Gasteiger partial charge in [0.05, 0.1) is 34.4 Å². The van der Waals surface area contributed by atoms with Crippen molar-refractivity contribution in [2.75, 3.05) is 16.6 Å². The normalized spacial score (nSPS) is 12.6. The second kappa shape index (κ2) is 11.7. The number of anilines is 2. The van der Waals surface area contributed by atoms with Crippen molar-refractivity contribution in [2.45, 2.75) is 26.8 Å². The van der Waals surface area contributed by atoms with Crippen molar-refractivity contribution in [3.8, 4) is 11.3 Å². The fourth-order valence-electron chi connectivity index (χ4n) is 4.99. The number of hydrogen-bond acceptors (Lipinski definition) is 7. The van der Waals surface area contributed by atoms with Crippen LogP contribution in [0.4, 0.5) is 20.3 Å². The van der Waals surface area contributed by atoms with Crippen LogP contribution in [0.2, 0.25) is 0 Å². The van der Waals surface area contributed by atoms with Crippen LogP contribution in [0.1, 0.15) is 27.0 Å². The number of carboxylic acid groups (broad SMARTS) is 1. The zero-order chi connectivity index (χ0) is 31.0. The number of halogens is 2. The highest BCUT2D eigenvalue weighted by molar-refractivity contribution is 7.80.